The standard InChI is InChI=1S/C24H22O5/c25-19(14-18(24(28)29)13-16-7-2-1-3-8-16)10-6-9-17-15-22(26)20-11-4-5-12-21(20)23(17)27/h1-5,7-8,11-12,15,18H,6,9-10,13-14H2,(H,28,29)/t18-/m1/s1. The molecular formula is C24H22O5. The summed E-state index contributed by atoms with van der Waals surface area (Å²) < 4.78 is 0. The second kappa shape index (κ2) is 9.24. The molecule has 0 spiro atoms. The van der Waals surface area contributed by atoms with Gasteiger partial charge in [0.1, 0.15) is 5.78 Å². The van der Waals surface area contributed by atoms with Gasteiger partial charge in [0.2, 0.25) is 0 Å². The molecule has 1 atom stereocenters. The van der Waals surface area contributed by atoms with E-state index in [1.807, 2.05) is 30.3 Å². The predicted octanol–water partition coefficient (Wildman–Crippen LogP) is 4.07. The Labute approximate surface area is 169 Å². The molecule has 1 N–H and O–H groups in total. The summed E-state index contributed by atoms with van der Waals surface area (Å²) in [6, 6.07) is 15.9. The number of carbonyl (C=O) groups is 4. The first-order valence-corrected chi connectivity index (χ1v) is 9.62. The fraction of sp³-hybridized carbons (Fsp3) is 0.250. The number of fused-ring (bicyclic) bond motifs is 1. The lowest BCUT2D eigenvalue weighted by Gasteiger charge is -2.15. The summed E-state index contributed by atoms with van der Waals surface area (Å²) >= 11 is 0. The van der Waals surface area contributed by atoms with Gasteiger partial charge in [0.05, 0.1) is 5.92 Å². The highest BCUT2D eigenvalue weighted by molar-refractivity contribution is 6.24. The number of Topliss-reactive ketones (excluding diaryl/α,β-unsaturated/α-hetero) is 2. The van der Waals surface area contributed by atoms with Crippen LogP contribution in [0.4, 0.5) is 0 Å². The van der Waals surface area contributed by atoms with E-state index in [9.17, 15) is 24.3 Å². The molecule has 5 nitrogen and oxygen atoms in total. The molecule has 0 saturated heterocycles. The van der Waals surface area contributed by atoms with E-state index in [1.54, 1.807) is 24.3 Å². The monoisotopic (exact) mass is 390 g/mol. The maximum atomic E-state index is 12.5. The van der Waals surface area contributed by atoms with Gasteiger partial charge in [-0.2, -0.15) is 0 Å². The lowest BCUT2D eigenvalue weighted by atomic mass is 9.87. The van der Waals surface area contributed by atoms with Crippen molar-refractivity contribution in [3.63, 3.8) is 0 Å². The zero-order valence-electron chi connectivity index (χ0n) is 16.0. The van der Waals surface area contributed by atoms with E-state index < -0.39 is 11.9 Å². The Kier molecular flexibility index (Phi) is 6.50. The zero-order chi connectivity index (χ0) is 20.8. The molecule has 1 aliphatic rings. The number of carbonyl (C=O) groups excluding carboxylic acids is 3. The van der Waals surface area contributed by atoms with Gasteiger partial charge >= 0.3 is 5.97 Å². The molecule has 2 aromatic carbocycles. The van der Waals surface area contributed by atoms with Crippen molar-refractivity contribution in [2.24, 2.45) is 5.92 Å². The van der Waals surface area contributed by atoms with Gasteiger partial charge in [-0.25, -0.2) is 0 Å². The second-order valence-electron chi connectivity index (χ2n) is 7.23. The first-order valence-electron chi connectivity index (χ1n) is 9.62. The summed E-state index contributed by atoms with van der Waals surface area (Å²) in [5.41, 5.74) is 2.08. The topological polar surface area (TPSA) is 88.5 Å². The maximum absolute atomic E-state index is 12.5. The minimum Gasteiger partial charge on any atom is -0.481 e. The second-order valence-corrected chi connectivity index (χ2v) is 7.23. The van der Waals surface area contributed by atoms with Crippen LogP contribution in [-0.2, 0) is 16.0 Å². The van der Waals surface area contributed by atoms with E-state index in [0.29, 0.717) is 36.0 Å². The molecular weight excluding hydrogens is 368 g/mol. The first kappa shape index (κ1) is 20.4. The van der Waals surface area contributed by atoms with Crippen molar-refractivity contribution in [2.45, 2.75) is 32.1 Å². The normalized spacial score (nSPS) is 14.1. The van der Waals surface area contributed by atoms with Crippen LogP contribution in [0, 0.1) is 5.92 Å². The number of ketones is 3. The number of aliphatic carboxylic acids is 1. The predicted molar refractivity (Wildman–Crippen MR) is 108 cm³/mol. The van der Waals surface area contributed by atoms with Crippen LogP contribution in [0.2, 0.25) is 0 Å². The van der Waals surface area contributed by atoms with Crippen LogP contribution in [0.5, 0.6) is 0 Å². The highest BCUT2D eigenvalue weighted by atomic mass is 16.4. The number of hydrogen-bond donors (Lipinski definition) is 1. The number of rotatable bonds is 9. The van der Waals surface area contributed by atoms with Crippen molar-refractivity contribution in [2.75, 3.05) is 0 Å². The SMILES string of the molecule is O=C(CCCC1=CC(=O)c2ccccc2C1=O)C[C@@H](Cc1ccccc1)C(=O)O. The highest BCUT2D eigenvalue weighted by Gasteiger charge is 2.25. The number of carboxylic acid groups (broad SMARTS) is 1. The Morgan fingerprint density at radius 3 is 2.24 bits per heavy atom. The Balaban J connectivity index is 1.53. The summed E-state index contributed by atoms with van der Waals surface area (Å²) in [4.78, 5) is 48.5. The van der Waals surface area contributed by atoms with Crippen molar-refractivity contribution in [3.05, 3.63) is 82.9 Å². The van der Waals surface area contributed by atoms with Gasteiger partial charge in [0, 0.05) is 29.5 Å². The van der Waals surface area contributed by atoms with Crippen molar-refractivity contribution >= 4 is 23.3 Å². The minimum absolute atomic E-state index is 0.0427. The smallest absolute Gasteiger partial charge is 0.307 e. The Hall–Kier alpha value is -3.34. The minimum atomic E-state index is -0.991. The van der Waals surface area contributed by atoms with Crippen molar-refractivity contribution < 1.29 is 24.3 Å². The maximum Gasteiger partial charge on any atom is 0.307 e. The number of allylic oxidation sites excluding steroid dienone is 2. The quantitative estimate of drug-likeness (QED) is 0.697. The molecule has 0 saturated carbocycles. The van der Waals surface area contributed by atoms with E-state index >= 15 is 0 Å². The molecule has 2 aromatic rings. The van der Waals surface area contributed by atoms with Crippen LogP contribution in [0.15, 0.2) is 66.2 Å². The molecule has 0 fully saturated rings. The van der Waals surface area contributed by atoms with E-state index in [0.717, 1.165) is 5.56 Å². The average molecular weight is 390 g/mol. The Morgan fingerprint density at radius 2 is 1.55 bits per heavy atom. The van der Waals surface area contributed by atoms with Gasteiger partial charge in [-0.05, 0) is 30.9 Å². The Morgan fingerprint density at radius 1 is 0.897 bits per heavy atom. The van der Waals surface area contributed by atoms with Gasteiger partial charge in [-0.1, -0.05) is 54.6 Å². The van der Waals surface area contributed by atoms with Crippen LogP contribution in [-0.4, -0.2) is 28.4 Å². The summed E-state index contributed by atoms with van der Waals surface area (Å²) in [7, 11) is 0. The molecule has 5 heteroatoms. The number of benzene rings is 2. The fourth-order valence-corrected chi connectivity index (χ4v) is 3.55. The summed E-state index contributed by atoms with van der Waals surface area (Å²) in [5.74, 6) is -2.29. The number of hydrogen-bond acceptors (Lipinski definition) is 4. The summed E-state index contributed by atoms with van der Waals surface area (Å²) in [6.45, 7) is 0. The molecule has 148 valence electrons. The third kappa shape index (κ3) is 5.13. The summed E-state index contributed by atoms with van der Waals surface area (Å²) in [5, 5.41) is 9.43. The van der Waals surface area contributed by atoms with E-state index in [2.05, 4.69) is 0 Å². The van der Waals surface area contributed by atoms with E-state index in [-0.39, 0.29) is 30.2 Å². The van der Waals surface area contributed by atoms with Crippen molar-refractivity contribution in [1.82, 2.24) is 0 Å². The average Bonchev–Trinajstić information content (AvgIpc) is 2.72. The third-order valence-electron chi connectivity index (χ3n) is 5.08. The number of carboxylic acids is 1. The van der Waals surface area contributed by atoms with Crippen LogP contribution < -0.4 is 0 Å². The van der Waals surface area contributed by atoms with Gasteiger partial charge in [-0.3, -0.25) is 19.2 Å². The van der Waals surface area contributed by atoms with Crippen LogP contribution in [0.1, 0.15) is 52.0 Å². The molecule has 1 aliphatic carbocycles. The molecule has 3 rings (SSSR count). The molecule has 0 bridgehead atoms. The lowest BCUT2D eigenvalue weighted by Crippen LogP contribution is -2.20. The molecule has 0 unspecified atom stereocenters. The van der Waals surface area contributed by atoms with Crippen LogP contribution in [0.25, 0.3) is 0 Å². The fourth-order valence-electron chi connectivity index (χ4n) is 3.55. The molecule has 29 heavy (non-hydrogen) atoms. The molecule has 0 radical (unpaired) electrons. The largest absolute Gasteiger partial charge is 0.481 e. The van der Waals surface area contributed by atoms with Gasteiger partial charge < -0.3 is 5.11 Å². The molecule has 0 amide bonds. The van der Waals surface area contributed by atoms with E-state index in [4.69, 9.17) is 0 Å². The lowest BCUT2D eigenvalue weighted by molar-refractivity contribution is -0.143. The van der Waals surface area contributed by atoms with Crippen molar-refractivity contribution in [3.8, 4) is 0 Å². The summed E-state index contributed by atoms with van der Waals surface area (Å²) in [6.07, 6.45) is 2.52. The molecule has 0 aliphatic heterocycles. The highest BCUT2D eigenvalue weighted by Crippen LogP contribution is 2.24. The van der Waals surface area contributed by atoms with Gasteiger partial charge in [0.25, 0.3) is 0 Å². The van der Waals surface area contributed by atoms with E-state index in [1.165, 1.54) is 6.08 Å². The van der Waals surface area contributed by atoms with Gasteiger partial charge in [0.15, 0.2) is 11.6 Å². The molecule has 0 heterocycles. The Bertz CT molecular complexity index is 972. The zero-order valence-corrected chi connectivity index (χ0v) is 16.0. The molecule has 0 aromatic heterocycles. The van der Waals surface area contributed by atoms with Crippen LogP contribution in [0.3, 0.4) is 0 Å². The third-order valence-corrected chi connectivity index (χ3v) is 5.08. The van der Waals surface area contributed by atoms with Crippen molar-refractivity contribution in [1.29, 1.82) is 0 Å². The van der Waals surface area contributed by atoms with Crippen LogP contribution >= 0.6 is 0 Å². The van der Waals surface area contributed by atoms with Gasteiger partial charge in [-0.15, -0.1) is 0 Å². The first-order chi connectivity index (χ1) is 14.0.